The van der Waals surface area contributed by atoms with E-state index in [1.54, 1.807) is 0 Å². The lowest BCUT2D eigenvalue weighted by Gasteiger charge is -2.07. The zero-order chi connectivity index (χ0) is 21.1. The molecule has 0 aliphatic heterocycles. The lowest BCUT2D eigenvalue weighted by atomic mass is 10.1. The summed E-state index contributed by atoms with van der Waals surface area (Å²) in [7, 11) is 0. The number of anilines is 1. The fourth-order valence-corrected chi connectivity index (χ4v) is 4.23. The molecule has 2 aromatic carbocycles. The van der Waals surface area contributed by atoms with Gasteiger partial charge < -0.3 is 14.5 Å². The van der Waals surface area contributed by atoms with Gasteiger partial charge in [-0.1, -0.05) is 30.0 Å². The van der Waals surface area contributed by atoms with Gasteiger partial charge in [0.1, 0.15) is 5.82 Å². The van der Waals surface area contributed by atoms with Crippen LogP contribution in [0.2, 0.25) is 0 Å². The van der Waals surface area contributed by atoms with Gasteiger partial charge in [0, 0.05) is 41.4 Å². The van der Waals surface area contributed by atoms with Crippen molar-refractivity contribution in [3.05, 3.63) is 60.5 Å². The number of carbonyl (C=O) groups is 1. The molecule has 0 bridgehead atoms. The molecule has 0 aliphatic carbocycles. The van der Waals surface area contributed by atoms with Gasteiger partial charge in [0.25, 0.3) is 0 Å². The quantitative estimate of drug-likeness (QED) is 0.433. The average Bonchev–Trinajstić information content (AvgIpc) is 3.34. The fraction of sp³-hybridized carbons (Fsp3) is 0.227. The molecule has 0 saturated carbocycles. The van der Waals surface area contributed by atoms with Crippen LogP contribution in [0.3, 0.4) is 0 Å². The van der Waals surface area contributed by atoms with Gasteiger partial charge in [-0.15, -0.1) is 10.2 Å². The normalized spacial score (nSPS) is 11.2. The minimum Gasteiger partial charge on any atom is -0.347 e. The number of thioether (sulfide) groups is 1. The minimum absolute atomic E-state index is 0.179. The van der Waals surface area contributed by atoms with Crippen molar-refractivity contribution in [2.24, 2.45) is 0 Å². The van der Waals surface area contributed by atoms with E-state index < -0.39 is 0 Å². The van der Waals surface area contributed by atoms with Crippen molar-refractivity contribution in [2.75, 3.05) is 11.1 Å². The number of aryl methyl sites for hydroxylation is 1. The molecule has 4 rings (SSSR count). The predicted molar refractivity (Wildman–Crippen MR) is 118 cm³/mol. The maximum atomic E-state index is 13.0. The Labute approximate surface area is 178 Å². The molecular weight excluding hydrogens is 401 g/mol. The van der Waals surface area contributed by atoms with E-state index >= 15 is 0 Å². The number of hydrogen-bond acceptors (Lipinski definition) is 4. The van der Waals surface area contributed by atoms with Gasteiger partial charge in [0.05, 0.1) is 5.75 Å². The second-order valence-corrected chi connectivity index (χ2v) is 7.68. The molecule has 154 valence electrons. The number of nitrogens with zero attached hydrogens (tertiary/aromatic N) is 4. The molecule has 6 nitrogen and oxygen atoms in total. The monoisotopic (exact) mass is 423 g/mol. The lowest BCUT2D eigenvalue weighted by molar-refractivity contribution is -0.113. The maximum Gasteiger partial charge on any atom is 0.234 e. The molecule has 0 atom stereocenters. The summed E-state index contributed by atoms with van der Waals surface area (Å²) in [6.45, 7) is 5.71. The first-order valence-corrected chi connectivity index (χ1v) is 10.8. The standard InChI is InChI=1S/C22H22FN5OS/c1-3-27-13-18(17-7-5-6-8-19(17)27)21-25-26-22(28(21)4-2)30-14-20(29)24-16-11-9-15(23)10-12-16/h5-13H,3-4,14H2,1-2H3,(H,24,29). The summed E-state index contributed by atoms with van der Waals surface area (Å²) in [5.74, 6) is 0.464. The van der Waals surface area contributed by atoms with Crippen LogP contribution in [0.4, 0.5) is 10.1 Å². The van der Waals surface area contributed by atoms with Crippen molar-refractivity contribution < 1.29 is 9.18 Å². The maximum absolute atomic E-state index is 13.0. The molecule has 2 heterocycles. The minimum atomic E-state index is -0.338. The Morgan fingerprint density at radius 3 is 2.57 bits per heavy atom. The number of amides is 1. The molecule has 8 heteroatoms. The molecule has 30 heavy (non-hydrogen) atoms. The van der Waals surface area contributed by atoms with Crippen molar-refractivity contribution in [3.63, 3.8) is 0 Å². The second-order valence-electron chi connectivity index (χ2n) is 6.74. The molecule has 0 radical (unpaired) electrons. The molecule has 1 N–H and O–H groups in total. The summed E-state index contributed by atoms with van der Waals surface area (Å²) in [4.78, 5) is 12.3. The number of nitrogens with one attached hydrogen (secondary N) is 1. The Bertz CT molecular complexity index is 1180. The lowest BCUT2D eigenvalue weighted by Crippen LogP contribution is -2.14. The van der Waals surface area contributed by atoms with Crippen LogP contribution in [0.1, 0.15) is 13.8 Å². The van der Waals surface area contributed by atoms with Crippen LogP contribution in [0.5, 0.6) is 0 Å². The predicted octanol–water partition coefficient (Wildman–Crippen LogP) is 4.81. The Morgan fingerprint density at radius 1 is 1.07 bits per heavy atom. The van der Waals surface area contributed by atoms with E-state index in [1.807, 2.05) is 23.6 Å². The van der Waals surface area contributed by atoms with Gasteiger partial charge in [0.15, 0.2) is 11.0 Å². The Morgan fingerprint density at radius 2 is 1.83 bits per heavy atom. The van der Waals surface area contributed by atoms with Crippen LogP contribution in [0.25, 0.3) is 22.3 Å². The second kappa shape index (κ2) is 8.71. The van der Waals surface area contributed by atoms with E-state index in [2.05, 4.69) is 45.3 Å². The van der Waals surface area contributed by atoms with E-state index in [0.29, 0.717) is 17.4 Å². The van der Waals surface area contributed by atoms with Crippen molar-refractivity contribution in [2.45, 2.75) is 32.1 Å². The van der Waals surface area contributed by atoms with Crippen LogP contribution in [-0.2, 0) is 17.9 Å². The Kier molecular flexibility index (Phi) is 5.85. The first kappa shape index (κ1) is 20.2. The van der Waals surface area contributed by atoms with Crippen molar-refractivity contribution in [1.29, 1.82) is 0 Å². The molecule has 4 aromatic rings. The molecule has 2 aromatic heterocycles. The molecule has 0 aliphatic rings. The third kappa shape index (κ3) is 3.95. The number of halogens is 1. The summed E-state index contributed by atoms with van der Waals surface area (Å²) in [5.41, 5.74) is 2.75. The van der Waals surface area contributed by atoms with Crippen LogP contribution >= 0.6 is 11.8 Å². The number of aromatic nitrogens is 4. The van der Waals surface area contributed by atoms with E-state index in [0.717, 1.165) is 28.8 Å². The van der Waals surface area contributed by atoms with E-state index in [1.165, 1.54) is 36.0 Å². The van der Waals surface area contributed by atoms with Crippen LogP contribution in [-0.4, -0.2) is 31.0 Å². The van der Waals surface area contributed by atoms with Gasteiger partial charge in [-0.2, -0.15) is 0 Å². The highest BCUT2D eigenvalue weighted by molar-refractivity contribution is 7.99. The molecule has 0 saturated heterocycles. The Balaban J connectivity index is 1.54. The molecule has 1 amide bonds. The number of fused-ring (bicyclic) bond motifs is 1. The highest BCUT2D eigenvalue weighted by Crippen LogP contribution is 2.31. The smallest absolute Gasteiger partial charge is 0.234 e. The summed E-state index contributed by atoms with van der Waals surface area (Å²) >= 11 is 1.33. The summed E-state index contributed by atoms with van der Waals surface area (Å²) < 4.78 is 17.2. The summed E-state index contributed by atoms with van der Waals surface area (Å²) in [6.07, 6.45) is 2.11. The van der Waals surface area contributed by atoms with Crippen molar-refractivity contribution in [1.82, 2.24) is 19.3 Å². The molecule has 0 fully saturated rings. The van der Waals surface area contributed by atoms with Gasteiger partial charge in [-0.3, -0.25) is 4.79 Å². The molecule has 0 unspecified atom stereocenters. The number of rotatable bonds is 7. The van der Waals surface area contributed by atoms with Gasteiger partial charge >= 0.3 is 0 Å². The SMILES string of the molecule is CCn1c(SCC(=O)Nc2ccc(F)cc2)nnc1-c1cn(CC)c2ccccc12. The summed E-state index contributed by atoms with van der Waals surface area (Å²) in [6, 6.07) is 13.9. The number of hydrogen-bond donors (Lipinski definition) is 1. The molecule has 0 spiro atoms. The highest BCUT2D eigenvalue weighted by atomic mass is 32.2. The van der Waals surface area contributed by atoms with Crippen LogP contribution < -0.4 is 5.32 Å². The van der Waals surface area contributed by atoms with Crippen molar-refractivity contribution in [3.8, 4) is 11.4 Å². The molecular formula is C22H22FN5OS. The number of benzene rings is 2. The number of para-hydroxylation sites is 1. The van der Waals surface area contributed by atoms with Crippen molar-refractivity contribution >= 4 is 34.3 Å². The van der Waals surface area contributed by atoms with E-state index in [-0.39, 0.29) is 17.5 Å². The van der Waals surface area contributed by atoms with Gasteiger partial charge in [-0.05, 0) is 44.2 Å². The fourth-order valence-electron chi connectivity index (χ4n) is 3.43. The Hall–Kier alpha value is -3.13. The largest absolute Gasteiger partial charge is 0.347 e. The zero-order valence-corrected chi connectivity index (χ0v) is 17.6. The average molecular weight is 424 g/mol. The van der Waals surface area contributed by atoms with E-state index in [9.17, 15) is 9.18 Å². The summed E-state index contributed by atoms with van der Waals surface area (Å²) in [5, 5.41) is 13.3. The van der Waals surface area contributed by atoms with Gasteiger partial charge in [0.2, 0.25) is 5.91 Å². The highest BCUT2D eigenvalue weighted by Gasteiger charge is 2.18. The number of carbonyl (C=O) groups excluding carboxylic acids is 1. The topological polar surface area (TPSA) is 64.7 Å². The van der Waals surface area contributed by atoms with Crippen LogP contribution in [0, 0.1) is 5.82 Å². The van der Waals surface area contributed by atoms with Gasteiger partial charge in [-0.25, -0.2) is 4.39 Å². The first-order valence-electron chi connectivity index (χ1n) is 9.80. The first-order chi connectivity index (χ1) is 14.6. The third-order valence-electron chi connectivity index (χ3n) is 4.86. The van der Waals surface area contributed by atoms with Crippen LogP contribution in [0.15, 0.2) is 59.9 Å². The zero-order valence-electron chi connectivity index (χ0n) is 16.8. The van der Waals surface area contributed by atoms with E-state index in [4.69, 9.17) is 0 Å². The third-order valence-corrected chi connectivity index (χ3v) is 5.83.